The number of carbonyl (C=O) groups is 1. The summed E-state index contributed by atoms with van der Waals surface area (Å²) in [5.41, 5.74) is -6.99. The lowest BCUT2D eigenvalue weighted by atomic mass is 9.64. The maximum absolute atomic E-state index is 16.5. The third kappa shape index (κ3) is 11.2. The zero-order valence-electron chi connectivity index (χ0n) is 36.0. The number of carbonyl (C=O) groups excluding carboxylic acids is 1. The number of alkyl halides is 4. The second kappa shape index (κ2) is 17.1. The summed E-state index contributed by atoms with van der Waals surface area (Å²) >= 11 is 0. The Morgan fingerprint density at radius 1 is 0.627 bits per heavy atom. The van der Waals surface area contributed by atoms with Crippen LogP contribution in [0.15, 0.2) is 97.1 Å². The number of Topliss-reactive ketones (excluding diaryl/α,β-unsaturated/α-hetero) is 1. The SMILES string of the molecule is CC(C)(C)OP(=O)(OC(C)(C)C)C(F)(F)c1ccc(CC(Cc2ccc(OP(=O)([O-])C(F)F)c(C(C)(C)C)c2C(C)(C)C)(C(=O)c2ccccc2)c2ccccc2)cc1. The average Bonchev–Trinajstić information content (AvgIpc) is 3.09. The third-order valence-electron chi connectivity index (χ3n) is 9.45. The number of rotatable bonds is 14. The monoisotopic (exact) mass is 859 g/mol. The molecule has 0 bridgehead atoms. The van der Waals surface area contributed by atoms with Crippen molar-refractivity contribution in [3.63, 3.8) is 0 Å². The van der Waals surface area contributed by atoms with Crippen LogP contribution in [0, 0.1) is 0 Å². The molecule has 4 aromatic carbocycles. The first kappa shape index (κ1) is 48.1. The van der Waals surface area contributed by atoms with Gasteiger partial charge in [0.15, 0.2) is 5.78 Å². The van der Waals surface area contributed by atoms with Gasteiger partial charge in [-0.25, -0.2) is 0 Å². The van der Waals surface area contributed by atoms with Gasteiger partial charge in [-0.05, 0) is 93.5 Å². The van der Waals surface area contributed by atoms with E-state index in [9.17, 15) is 22.8 Å². The fourth-order valence-corrected chi connectivity index (χ4v) is 10.00. The van der Waals surface area contributed by atoms with Gasteiger partial charge in [-0.3, -0.25) is 23.0 Å². The number of hydrogen-bond donors (Lipinski definition) is 0. The molecule has 0 aliphatic carbocycles. The Morgan fingerprint density at radius 2 is 1.10 bits per heavy atom. The molecule has 0 aliphatic rings. The number of hydrogen-bond acceptors (Lipinski definition) is 7. The summed E-state index contributed by atoms with van der Waals surface area (Å²) in [5, 5.41) is 0. The second-order valence-corrected chi connectivity index (χ2v) is 22.6. The van der Waals surface area contributed by atoms with Crippen LogP contribution in [0.1, 0.15) is 127 Å². The van der Waals surface area contributed by atoms with Crippen LogP contribution in [0.5, 0.6) is 5.75 Å². The molecule has 2 unspecified atom stereocenters. The second-order valence-electron chi connectivity index (χ2n) is 19.0. The molecule has 0 spiro atoms. The zero-order valence-corrected chi connectivity index (χ0v) is 37.8. The molecule has 4 aromatic rings. The molecule has 7 nitrogen and oxygen atoms in total. The molecule has 59 heavy (non-hydrogen) atoms. The maximum Gasteiger partial charge on any atom is 0.405 e. The van der Waals surface area contributed by atoms with E-state index in [-0.39, 0.29) is 24.4 Å². The van der Waals surface area contributed by atoms with Gasteiger partial charge in [-0.15, -0.1) is 0 Å². The standard InChI is InChI=1S/C46H58F4O7P2/c1-41(2,3)37-33(25-28-36(38(37)42(4,5)6)55-58(52,53)40(47)48)30-45(34-21-17-14-18-22-34,39(51)32-19-15-13-16-20-32)29-31-23-26-35(27-24-31)46(49,50)59(54,56-43(7,8)9)57-44(10,11)12/h13-28,40H,29-30H2,1-12H3,(H,52,53)/p-1. The topological polar surface area (TPSA) is 102 Å². The molecule has 0 saturated heterocycles. The summed E-state index contributed by atoms with van der Waals surface area (Å²) < 4.78 is 103. The molecule has 0 aliphatic heterocycles. The Hall–Kier alpha value is -3.59. The van der Waals surface area contributed by atoms with Gasteiger partial charge in [-0.1, -0.05) is 133 Å². The molecule has 322 valence electrons. The molecular weight excluding hydrogens is 802 g/mol. The predicted molar refractivity (Wildman–Crippen MR) is 224 cm³/mol. The third-order valence-corrected chi connectivity index (χ3v) is 12.9. The molecule has 0 aromatic heterocycles. The van der Waals surface area contributed by atoms with Crippen molar-refractivity contribution in [3.05, 3.63) is 136 Å². The Bertz CT molecular complexity index is 2160. The quantitative estimate of drug-likeness (QED) is 0.0707. The van der Waals surface area contributed by atoms with Crippen LogP contribution in [0.2, 0.25) is 0 Å². The molecule has 13 heteroatoms. The lowest BCUT2D eigenvalue weighted by Gasteiger charge is -2.39. The van der Waals surface area contributed by atoms with Crippen LogP contribution in [0.25, 0.3) is 0 Å². The lowest BCUT2D eigenvalue weighted by molar-refractivity contribution is -0.202. The van der Waals surface area contributed by atoms with Crippen LogP contribution in [-0.2, 0) is 52.9 Å². The van der Waals surface area contributed by atoms with Crippen LogP contribution in [0.4, 0.5) is 17.6 Å². The highest BCUT2D eigenvalue weighted by molar-refractivity contribution is 7.54. The Morgan fingerprint density at radius 3 is 1.54 bits per heavy atom. The van der Waals surface area contributed by atoms with E-state index in [4.69, 9.17) is 13.6 Å². The first-order chi connectivity index (χ1) is 26.8. The lowest BCUT2D eigenvalue weighted by Crippen LogP contribution is -2.41. The van der Waals surface area contributed by atoms with E-state index < -0.39 is 60.0 Å². The summed E-state index contributed by atoms with van der Waals surface area (Å²) in [7, 11) is -10.8. The van der Waals surface area contributed by atoms with Crippen LogP contribution < -0.4 is 9.42 Å². The van der Waals surface area contributed by atoms with Crippen molar-refractivity contribution in [2.24, 2.45) is 0 Å². The minimum absolute atomic E-state index is 0.000927. The summed E-state index contributed by atoms with van der Waals surface area (Å²) in [6, 6.07) is 25.9. The van der Waals surface area contributed by atoms with Gasteiger partial charge in [0.2, 0.25) is 7.60 Å². The van der Waals surface area contributed by atoms with Crippen molar-refractivity contribution in [3.8, 4) is 5.75 Å². The van der Waals surface area contributed by atoms with E-state index in [1.54, 1.807) is 48.5 Å². The molecule has 0 N–H and O–H groups in total. The van der Waals surface area contributed by atoms with E-state index in [1.807, 2.05) is 59.7 Å². The highest BCUT2D eigenvalue weighted by Gasteiger charge is 2.58. The van der Waals surface area contributed by atoms with E-state index >= 15 is 13.6 Å². The van der Waals surface area contributed by atoms with Crippen molar-refractivity contribution in [2.45, 2.75) is 135 Å². The van der Waals surface area contributed by atoms with E-state index in [0.29, 0.717) is 33.4 Å². The van der Waals surface area contributed by atoms with E-state index in [0.717, 1.165) is 12.1 Å². The van der Waals surface area contributed by atoms with Crippen LogP contribution in [-0.4, -0.2) is 23.2 Å². The minimum atomic E-state index is -5.63. The first-order valence-corrected chi connectivity index (χ1v) is 22.6. The van der Waals surface area contributed by atoms with Gasteiger partial charge in [0.05, 0.1) is 16.6 Å². The van der Waals surface area contributed by atoms with Gasteiger partial charge in [0.25, 0.3) is 0 Å². The molecule has 0 saturated carbocycles. The predicted octanol–water partition coefficient (Wildman–Crippen LogP) is 12.9. The van der Waals surface area contributed by atoms with Gasteiger partial charge >= 0.3 is 19.4 Å². The average molecular weight is 860 g/mol. The van der Waals surface area contributed by atoms with Crippen molar-refractivity contribution in [2.75, 3.05) is 0 Å². The van der Waals surface area contributed by atoms with Crippen molar-refractivity contribution < 1.29 is 50.0 Å². The molecule has 0 heterocycles. The summed E-state index contributed by atoms with van der Waals surface area (Å²) in [5.74, 6) is -0.510. The molecule has 2 atom stereocenters. The van der Waals surface area contributed by atoms with Crippen molar-refractivity contribution >= 4 is 21.0 Å². The fourth-order valence-electron chi connectivity index (χ4n) is 7.32. The summed E-state index contributed by atoms with van der Waals surface area (Å²) in [6.07, 6.45) is -3.73. The highest BCUT2D eigenvalue weighted by atomic mass is 31.2. The maximum atomic E-state index is 16.5. The summed E-state index contributed by atoms with van der Waals surface area (Å²) in [4.78, 5) is 27.8. The Labute approximate surface area is 347 Å². The molecule has 0 amide bonds. The fraction of sp³-hybridized carbons (Fsp3) is 0.457. The molecule has 0 fully saturated rings. The highest BCUT2D eigenvalue weighted by Crippen LogP contribution is 2.70. The minimum Gasteiger partial charge on any atom is -0.765 e. The summed E-state index contributed by atoms with van der Waals surface area (Å²) in [6.45, 7) is 20.3. The molecule has 4 rings (SSSR count). The van der Waals surface area contributed by atoms with Crippen molar-refractivity contribution in [1.82, 2.24) is 0 Å². The van der Waals surface area contributed by atoms with Gasteiger partial charge in [0.1, 0.15) is 5.75 Å². The largest absolute Gasteiger partial charge is 0.765 e. The normalized spacial score (nSPS) is 15.4. The van der Waals surface area contributed by atoms with E-state index in [2.05, 4.69) is 0 Å². The Kier molecular flexibility index (Phi) is 13.9. The van der Waals surface area contributed by atoms with Gasteiger partial charge in [0, 0.05) is 16.7 Å². The first-order valence-electron chi connectivity index (χ1n) is 19.4. The number of ketones is 1. The van der Waals surface area contributed by atoms with E-state index in [1.165, 1.54) is 59.7 Å². The van der Waals surface area contributed by atoms with Gasteiger partial charge < -0.3 is 9.42 Å². The van der Waals surface area contributed by atoms with Crippen molar-refractivity contribution in [1.29, 1.82) is 0 Å². The van der Waals surface area contributed by atoms with Gasteiger partial charge in [-0.2, -0.15) is 17.6 Å². The molecular formula is C46H57F4O7P2-. The van der Waals surface area contributed by atoms with Crippen LogP contribution >= 0.6 is 15.2 Å². The zero-order chi connectivity index (χ0) is 44.6. The Balaban J connectivity index is 2.01. The van der Waals surface area contributed by atoms with Crippen LogP contribution in [0.3, 0.4) is 0 Å². The number of halogens is 4. The number of benzene rings is 4. The smallest absolute Gasteiger partial charge is 0.405 e. The molecule has 0 radical (unpaired) electrons.